The number of rotatable bonds is 3. The zero-order chi connectivity index (χ0) is 9.28. The fourth-order valence-electron chi connectivity index (χ4n) is 0.564. The van der Waals surface area contributed by atoms with Gasteiger partial charge in [-0.05, 0) is 27.2 Å². The summed E-state index contributed by atoms with van der Waals surface area (Å²) < 4.78 is 0. The van der Waals surface area contributed by atoms with Gasteiger partial charge >= 0.3 is 0 Å². The average molecular weight is 156 g/mol. The second-order valence-corrected chi connectivity index (χ2v) is 2.52. The molecule has 0 heterocycles. The lowest BCUT2D eigenvalue weighted by Gasteiger charge is -1.89. The van der Waals surface area contributed by atoms with Crippen LogP contribution < -0.4 is 0 Å². The van der Waals surface area contributed by atoms with E-state index >= 15 is 0 Å². The van der Waals surface area contributed by atoms with Gasteiger partial charge in [0.2, 0.25) is 0 Å². The molecular formula is C9H16O2. The Bertz CT molecular complexity index is 132. The molecule has 0 aromatic carbocycles. The van der Waals surface area contributed by atoms with Crippen LogP contribution in [-0.2, 0) is 9.59 Å². The number of hydrogen-bond acceptors (Lipinski definition) is 2. The third kappa shape index (κ3) is 17.6. The van der Waals surface area contributed by atoms with Gasteiger partial charge in [0, 0.05) is 6.42 Å². The molecule has 0 aliphatic heterocycles. The molecule has 0 saturated carbocycles. The predicted molar refractivity (Wildman–Crippen MR) is 46.5 cm³/mol. The summed E-state index contributed by atoms with van der Waals surface area (Å²) in [6.07, 6.45) is 3.67. The molecule has 0 aliphatic rings. The van der Waals surface area contributed by atoms with Crippen LogP contribution in [0.4, 0.5) is 0 Å². The van der Waals surface area contributed by atoms with Gasteiger partial charge in [-0.1, -0.05) is 11.6 Å². The SMILES string of the molecule is C=O.CC(=O)CCC=C(C)C. The maximum absolute atomic E-state index is 10.4. The molecule has 0 rings (SSSR count). The lowest BCUT2D eigenvalue weighted by Crippen LogP contribution is -1.86. The van der Waals surface area contributed by atoms with E-state index in [9.17, 15) is 4.79 Å². The summed E-state index contributed by atoms with van der Waals surface area (Å²) in [5.74, 6) is 0.271. The molecule has 0 aromatic rings. The van der Waals surface area contributed by atoms with Crippen LogP contribution in [0.2, 0.25) is 0 Å². The average Bonchev–Trinajstić information content (AvgIpc) is 1.90. The lowest BCUT2D eigenvalue weighted by molar-refractivity contribution is -0.116. The van der Waals surface area contributed by atoms with Crippen LogP contribution in [0.15, 0.2) is 11.6 Å². The van der Waals surface area contributed by atoms with Crippen molar-refractivity contribution < 1.29 is 9.59 Å². The maximum Gasteiger partial charge on any atom is 0.130 e. The minimum Gasteiger partial charge on any atom is -0.307 e. The van der Waals surface area contributed by atoms with E-state index in [1.807, 2.05) is 20.6 Å². The van der Waals surface area contributed by atoms with Crippen molar-refractivity contribution in [3.63, 3.8) is 0 Å². The molecule has 2 nitrogen and oxygen atoms in total. The van der Waals surface area contributed by atoms with Crippen molar-refractivity contribution in [3.8, 4) is 0 Å². The highest BCUT2D eigenvalue weighted by Crippen LogP contribution is 1.96. The van der Waals surface area contributed by atoms with Crippen molar-refractivity contribution in [2.75, 3.05) is 0 Å². The molecule has 0 bridgehead atoms. The monoisotopic (exact) mass is 156 g/mol. The molecule has 11 heavy (non-hydrogen) atoms. The van der Waals surface area contributed by atoms with Gasteiger partial charge in [0.15, 0.2) is 0 Å². The van der Waals surface area contributed by atoms with Crippen LogP contribution >= 0.6 is 0 Å². The Balaban J connectivity index is 0. The van der Waals surface area contributed by atoms with E-state index in [1.54, 1.807) is 6.92 Å². The van der Waals surface area contributed by atoms with Crippen LogP contribution in [0.25, 0.3) is 0 Å². The Labute approximate surface area is 68.3 Å². The van der Waals surface area contributed by atoms with Crippen molar-refractivity contribution >= 4 is 12.6 Å². The van der Waals surface area contributed by atoms with Gasteiger partial charge in [-0.15, -0.1) is 0 Å². The largest absolute Gasteiger partial charge is 0.307 e. The van der Waals surface area contributed by atoms with E-state index in [-0.39, 0.29) is 5.78 Å². The summed E-state index contributed by atoms with van der Waals surface area (Å²) in [5.41, 5.74) is 1.29. The van der Waals surface area contributed by atoms with E-state index < -0.39 is 0 Å². The Kier molecular flexibility index (Phi) is 10.5. The molecule has 0 atom stereocenters. The van der Waals surface area contributed by atoms with Crippen LogP contribution in [-0.4, -0.2) is 12.6 Å². The summed E-state index contributed by atoms with van der Waals surface area (Å²) in [4.78, 5) is 18.4. The van der Waals surface area contributed by atoms with Gasteiger partial charge in [0.1, 0.15) is 12.6 Å². The van der Waals surface area contributed by atoms with Crippen LogP contribution in [0.1, 0.15) is 33.6 Å². The first-order valence-electron chi connectivity index (χ1n) is 3.54. The summed E-state index contributed by atoms with van der Waals surface area (Å²) >= 11 is 0. The van der Waals surface area contributed by atoms with Crippen molar-refractivity contribution in [1.29, 1.82) is 0 Å². The van der Waals surface area contributed by atoms with E-state index in [0.717, 1.165) is 6.42 Å². The Morgan fingerprint density at radius 1 is 1.27 bits per heavy atom. The number of Topliss-reactive ketones (excluding diaryl/α,β-unsaturated/α-hetero) is 1. The molecule has 0 amide bonds. The molecule has 0 N–H and O–H groups in total. The molecule has 64 valence electrons. The molecule has 0 spiro atoms. The lowest BCUT2D eigenvalue weighted by atomic mass is 10.2. The van der Waals surface area contributed by atoms with E-state index in [1.165, 1.54) is 5.57 Å². The first kappa shape index (κ1) is 12.7. The first-order valence-corrected chi connectivity index (χ1v) is 3.54. The van der Waals surface area contributed by atoms with Gasteiger partial charge in [-0.25, -0.2) is 0 Å². The maximum atomic E-state index is 10.4. The van der Waals surface area contributed by atoms with Gasteiger partial charge < -0.3 is 9.59 Å². The molecule has 0 unspecified atom stereocenters. The molecule has 0 aliphatic carbocycles. The van der Waals surface area contributed by atoms with Gasteiger partial charge in [-0.3, -0.25) is 0 Å². The Morgan fingerprint density at radius 2 is 1.73 bits per heavy atom. The molecule has 0 aromatic heterocycles. The van der Waals surface area contributed by atoms with Crippen molar-refractivity contribution in [3.05, 3.63) is 11.6 Å². The normalized spacial score (nSPS) is 7.55. The van der Waals surface area contributed by atoms with Crippen molar-refractivity contribution in [2.45, 2.75) is 33.6 Å². The number of hydrogen-bond donors (Lipinski definition) is 0. The third-order valence-electron chi connectivity index (χ3n) is 1.05. The zero-order valence-corrected chi connectivity index (χ0v) is 7.52. The molecular weight excluding hydrogens is 140 g/mol. The summed E-state index contributed by atoms with van der Waals surface area (Å²) in [7, 11) is 0. The minimum atomic E-state index is 0.271. The van der Waals surface area contributed by atoms with Gasteiger partial charge in [0.25, 0.3) is 0 Å². The number of ketones is 1. The highest BCUT2D eigenvalue weighted by atomic mass is 16.1. The third-order valence-corrected chi connectivity index (χ3v) is 1.05. The fraction of sp³-hybridized carbons (Fsp3) is 0.556. The van der Waals surface area contributed by atoms with Crippen LogP contribution in [0.3, 0.4) is 0 Å². The molecule has 0 saturated heterocycles. The quantitative estimate of drug-likeness (QED) is 0.586. The smallest absolute Gasteiger partial charge is 0.130 e. The number of carbonyl (C=O) groups is 2. The Morgan fingerprint density at radius 3 is 2.00 bits per heavy atom. The fourth-order valence-corrected chi connectivity index (χ4v) is 0.564. The Hall–Kier alpha value is -0.920. The van der Waals surface area contributed by atoms with Crippen molar-refractivity contribution in [1.82, 2.24) is 0 Å². The standard InChI is InChI=1S/C8H14O.CH2O/c1-7(2)5-4-6-8(3)9;1-2/h5H,4,6H2,1-3H3;1H2. The highest BCUT2D eigenvalue weighted by Gasteiger charge is 1.88. The van der Waals surface area contributed by atoms with Crippen LogP contribution in [0.5, 0.6) is 0 Å². The van der Waals surface area contributed by atoms with E-state index in [4.69, 9.17) is 4.79 Å². The van der Waals surface area contributed by atoms with E-state index in [2.05, 4.69) is 6.08 Å². The first-order chi connectivity index (χ1) is 5.13. The molecule has 2 heteroatoms. The number of carbonyl (C=O) groups excluding carboxylic acids is 2. The minimum absolute atomic E-state index is 0.271. The highest BCUT2D eigenvalue weighted by molar-refractivity contribution is 5.75. The second kappa shape index (κ2) is 9.08. The zero-order valence-electron chi connectivity index (χ0n) is 7.52. The second-order valence-electron chi connectivity index (χ2n) is 2.52. The summed E-state index contributed by atoms with van der Waals surface area (Å²) in [6, 6.07) is 0. The topological polar surface area (TPSA) is 34.1 Å². The van der Waals surface area contributed by atoms with Gasteiger partial charge in [0.05, 0.1) is 0 Å². The van der Waals surface area contributed by atoms with E-state index in [0.29, 0.717) is 6.42 Å². The molecule has 0 fully saturated rings. The number of allylic oxidation sites excluding steroid dienone is 2. The summed E-state index contributed by atoms with van der Waals surface area (Å²) in [5, 5.41) is 0. The summed E-state index contributed by atoms with van der Waals surface area (Å²) in [6.45, 7) is 7.71. The predicted octanol–water partition coefficient (Wildman–Crippen LogP) is 2.14. The molecule has 0 radical (unpaired) electrons. The van der Waals surface area contributed by atoms with Crippen LogP contribution in [0, 0.1) is 0 Å². The van der Waals surface area contributed by atoms with Gasteiger partial charge in [-0.2, -0.15) is 0 Å². The van der Waals surface area contributed by atoms with Crippen molar-refractivity contribution in [2.24, 2.45) is 0 Å².